The van der Waals surface area contributed by atoms with Gasteiger partial charge in [0.2, 0.25) is 5.88 Å². The topological polar surface area (TPSA) is 51.7 Å². The molecule has 3 unspecified atom stereocenters. The van der Waals surface area contributed by atoms with E-state index in [-0.39, 0.29) is 24.1 Å². The summed E-state index contributed by atoms with van der Waals surface area (Å²) in [4.78, 5) is 19.1. The van der Waals surface area contributed by atoms with Crippen molar-refractivity contribution in [2.24, 2.45) is 0 Å². The highest BCUT2D eigenvalue weighted by Gasteiger charge is 2.26. The average molecular weight is 355 g/mol. The number of pyridine rings is 1. The van der Waals surface area contributed by atoms with Crippen LogP contribution in [-0.4, -0.2) is 47.2 Å². The van der Waals surface area contributed by atoms with Crippen LogP contribution in [0, 0.1) is 0 Å². The van der Waals surface area contributed by atoms with Gasteiger partial charge in [-0.25, -0.2) is 4.98 Å². The molecule has 1 fully saturated rings. The number of aromatic nitrogens is 1. The van der Waals surface area contributed by atoms with Gasteiger partial charge >= 0.3 is 0 Å². The van der Waals surface area contributed by atoms with Crippen LogP contribution in [0.15, 0.2) is 12.3 Å². The van der Waals surface area contributed by atoms with Crippen molar-refractivity contribution in [3.05, 3.63) is 22.8 Å². The molecule has 1 aromatic heterocycles. The lowest BCUT2D eigenvalue weighted by molar-refractivity contribution is 0.0597. The molecule has 5 nitrogen and oxygen atoms in total. The number of hydrogen-bond acceptors (Lipinski definition) is 4. The third-order valence-corrected chi connectivity index (χ3v) is 4.86. The molecule has 0 N–H and O–H groups in total. The average Bonchev–Trinajstić information content (AvgIpc) is 3.09. The Morgan fingerprint density at radius 3 is 2.58 bits per heavy atom. The predicted octanol–water partition coefficient (Wildman–Crippen LogP) is 3.94. The third kappa shape index (κ3) is 4.39. The van der Waals surface area contributed by atoms with E-state index in [4.69, 9.17) is 21.1 Å². The van der Waals surface area contributed by atoms with Crippen molar-refractivity contribution in [2.75, 3.05) is 13.2 Å². The summed E-state index contributed by atoms with van der Waals surface area (Å²) < 4.78 is 11.0. The van der Waals surface area contributed by atoms with E-state index in [9.17, 15) is 4.79 Å². The van der Waals surface area contributed by atoms with Crippen LogP contribution in [0.4, 0.5) is 0 Å². The number of rotatable bonds is 7. The number of hydrogen-bond donors (Lipinski definition) is 0. The van der Waals surface area contributed by atoms with Crippen LogP contribution < -0.4 is 4.74 Å². The first-order valence-corrected chi connectivity index (χ1v) is 9.08. The van der Waals surface area contributed by atoms with Gasteiger partial charge < -0.3 is 14.4 Å². The minimum Gasteiger partial charge on any atom is -0.471 e. The van der Waals surface area contributed by atoms with Crippen LogP contribution in [0.1, 0.15) is 57.3 Å². The van der Waals surface area contributed by atoms with Crippen LogP contribution in [-0.2, 0) is 4.74 Å². The molecular weight excluding hydrogens is 328 g/mol. The van der Waals surface area contributed by atoms with Crippen LogP contribution in [0.25, 0.3) is 0 Å². The van der Waals surface area contributed by atoms with Crippen molar-refractivity contribution in [1.29, 1.82) is 0 Å². The number of carbonyl (C=O) groups is 1. The Labute approximate surface area is 149 Å². The van der Waals surface area contributed by atoms with Crippen LogP contribution >= 0.6 is 11.6 Å². The quantitative estimate of drug-likeness (QED) is 0.744. The van der Waals surface area contributed by atoms with Crippen molar-refractivity contribution < 1.29 is 14.3 Å². The van der Waals surface area contributed by atoms with Crippen LogP contribution in [0.2, 0.25) is 5.02 Å². The smallest absolute Gasteiger partial charge is 0.255 e. The first-order valence-electron chi connectivity index (χ1n) is 8.70. The fourth-order valence-corrected chi connectivity index (χ4v) is 2.98. The Balaban J connectivity index is 2.17. The largest absolute Gasteiger partial charge is 0.471 e. The molecule has 24 heavy (non-hydrogen) atoms. The first kappa shape index (κ1) is 19.0. The van der Waals surface area contributed by atoms with Gasteiger partial charge in [0.1, 0.15) is 11.1 Å². The summed E-state index contributed by atoms with van der Waals surface area (Å²) in [6.45, 7) is 9.54. The zero-order valence-electron chi connectivity index (χ0n) is 14.9. The molecule has 3 atom stereocenters. The van der Waals surface area contributed by atoms with Gasteiger partial charge in [-0.3, -0.25) is 4.79 Å². The normalized spacial score (nSPS) is 19.8. The summed E-state index contributed by atoms with van der Waals surface area (Å²) in [6, 6.07) is 1.98. The Morgan fingerprint density at radius 2 is 2.08 bits per heavy atom. The summed E-state index contributed by atoms with van der Waals surface area (Å²) in [7, 11) is 0. The van der Waals surface area contributed by atoms with Crippen molar-refractivity contribution in [3.8, 4) is 5.88 Å². The zero-order valence-corrected chi connectivity index (χ0v) is 15.7. The van der Waals surface area contributed by atoms with Crippen molar-refractivity contribution in [2.45, 2.75) is 65.1 Å². The lowest BCUT2D eigenvalue weighted by atomic mass is 10.1. The maximum absolute atomic E-state index is 12.9. The Hall–Kier alpha value is -1.33. The molecule has 0 aromatic carbocycles. The molecule has 2 heterocycles. The van der Waals surface area contributed by atoms with Gasteiger partial charge in [-0.2, -0.15) is 0 Å². The highest BCUT2D eigenvalue weighted by atomic mass is 35.5. The fraction of sp³-hybridized carbons (Fsp3) is 0.667. The van der Waals surface area contributed by atoms with E-state index in [1.54, 1.807) is 12.3 Å². The second-order valence-corrected chi connectivity index (χ2v) is 6.75. The third-order valence-electron chi connectivity index (χ3n) is 4.59. The van der Waals surface area contributed by atoms with Crippen molar-refractivity contribution >= 4 is 17.5 Å². The molecule has 2 rings (SSSR count). The number of nitrogens with zero attached hydrogens (tertiary/aromatic N) is 2. The number of halogens is 1. The summed E-state index contributed by atoms with van der Waals surface area (Å²) in [5, 5.41) is 0.362. The summed E-state index contributed by atoms with van der Waals surface area (Å²) >= 11 is 6.28. The Kier molecular flexibility index (Phi) is 6.87. The Morgan fingerprint density at radius 1 is 1.42 bits per heavy atom. The minimum absolute atomic E-state index is 0.0201. The van der Waals surface area contributed by atoms with E-state index in [1.165, 1.54) is 0 Å². The SMILES string of the molecule is CCC(C)N(C(=O)c1cnc(OC2CCOC2)c(Cl)c1)C(C)CC. The van der Waals surface area contributed by atoms with Crippen LogP contribution in [0.3, 0.4) is 0 Å². The molecule has 1 aromatic rings. The van der Waals surface area contributed by atoms with E-state index >= 15 is 0 Å². The second kappa shape index (κ2) is 8.67. The highest BCUT2D eigenvalue weighted by molar-refractivity contribution is 6.32. The summed E-state index contributed by atoms with van der Waals surface area (Å²) in [5.74, 6) is 0.325. The van der Waals surface area contributed by atoms with E-state index in [1.807, 2.05) is 4.90 Å². The lowest BCUT2D eigenvalue weighted by Crippen LogP contribution is -2.44. The Bertz CT molecular complexity index is 551. The number of carbonyl (C=O) groups excluding carboxylic acids is 1. The highest BCUT2D eigenvalue weighted by Crippen LogP contribution is 2.26. The van der Waals surface area contributed by atoms with Gasteiger partial charge in [-0.05, 0) is 32.8 Å². The second-order valence-electron chi connectivity index (χ2n) is 6.34. The lowest BCUT2D eigenvalue weighted by Gasteiger charge is -2.34. The zero-order chi connectivity index (χ0) is 17.7. The van der Waals surface area contributed by atoms with Crippen LogP contribution in [0.5, 0.6) is 5.88 Å². The maximum Gasteiger partial charge on any atom is 0.255 e. The maximum atomic E-state index is 12.9. The van der Waals surface area contributed by atoms with Gasteiger partial charge in [0.15, 0.2) is 0 Å². The van der Waals surface area contributed by atoms with Crippen molar-refractivity contribution in [3.63, 3.8) is 0 Å². The van der Waals surface area contributed by atoms with Gasteiger partial charge in [0.05, 0.1) is 18.8 Å². The van der Waals surface area contributed by atoms with E-state index in [0.717, 1.165) is 19.3 Å². The van der Waals surface area contributed by atoms with E-state index in [2.05, 4.69) is 32.7 Å². The molecule has 1 aliphatic rings. The summed E-state index contributed by atoms with van der Waals surface area (Å²) in [5.41, 5.74) is 0.496. The molecule has 1 aliphatic heterocycles. The molecule has 6 heteroatoms. The standard InChI is InChI=1S/C18H27ClN2O3/c1-5-12(3)21(13(4)6-2)18(22)14-9-16(19)17(20-10-14)24-15-7-8-23-11-15/h9-10,12-13,15H,5-8,11H2,1-4H3. The minimum atomic E-state index is -0.0381. The molecule has 134 valence electrons. The fourth-order valence-electron chi connectivity index (χ4n) is 2.77. The molecule has 0 aliphatic carbocycles. The molecule has 0 spiro atoms. The van der Waals surface area contributed by atoms with Gasteiger partial charge in [0, 0.05) is 24.7 Å². The first-order chi connectivity index (χ1) is 11.5. The van der Waals surface area contributed by atoms with E-state index < -0.39 is 0 Å². The van der Waals surface area contributed by atoms with Crippen molar-refractivity contribution in [1.82, 2.24) is 9.88 Å². The molecular formula is C18H27ClN2O3. The molecule has 0 saturated carbocycles. The number of amides is 1. The van der Waals surface area contributed by atoms with Gasteiger partial charge in [-0.15, -0.1) is 0 Å². The molecule has 1 amide bonds. The molecule has 1 saturated heterocycles. The summed E-state index contributed by atoms with van der Waals surface area (Å²) in [6.07, 6.45) is 4.17. The van der Waals surface area contributed by atoms with E-state index in [0.29, 0.717) is 29.7 Å². The monoisotopic (exact) mass is 354 g/mol. The van der Waals surface area contributed by atoms with Gasteiger partial charge in [-0.1, -0.05) is 25.4 Å². The number of ether oxygens (including phenoxy) is 2. The van der Waals surface area contributed by atoms with Gasteiger partial charge in [0.25, 0.3) is 5.91 Å². The molecule has 0 radical (unpaired) electrons. The molecule has 0 bridgehead atoms. The predicted molar refractivity (Wildman–Crippen MR) is 94.8 cm³/mol.